The molecule has 0 aliphatic rings. The average molecular weight is 331 g/mol. The van der Waals surface area contributed by atoms with Crippen LogP contribution < -0.4 is 4.74 Å². The van der Waals surface area contributed by atoms with Gasteiger partial charge in [-0.3, -0.25) is 0 Å². The minimum Gasteiger partial charge on any atom is -0.495 e. The number of aromatic carboxylic acids is 1. The van der Waals surface area contributed by atoms with Crippen LogP contribution in [0.1, 0.15) is 15.9 Å². The lowest BCUT2D eigenvalue weighted by Gasteiger charge is -2.14. The van der Waals surface area contributed by atoms with Crippen LogP contribution in [0.25, 0.3) is 11.1 Å². The van der Waals surface area contributed by atoms with Crippen molar-refractivity contribution in [2.45, 2.75) is 6.18 Å². The summed E-state index contributed by atoms with van der Waals surface area (Å²) < 4.78 is 44.3. The Balaban J connectivity index is 2.68. The Bertz CT molecular complexity index is 726. The number of carboxylic acids is 1. The Labute approximate surface area is 128 Å². The van der Waals surface area contributed by atoms with Crippen LogP contribution in [-0.4, -0.2) is 18.2 Å². The number of hydrogen-bond acceptors (Lipinski definition) is 2. The third-order valence-corrected chi connectivity index (χ3v) is 3.33. The summed E-state index contributed by atoms with van der Waals surface area (Å²) in [6.07, 6.45) is -4.61. The summed E-state index contributed by atoms with van der Waals surface area (Å²) in [5, 5.41) is 9.09. The molecular weight excluding hydrogens is 321 g/mol. The highest BCUT2D eigenvalue weighted by molar-refractivity contribution is 6.32. The molecular formula is C15H10ClF3O3. The van der Waals surface area contributed by atoms with E-state index in [4.69, 9.17) is 21.4 Å². The molecule has 22 heavy (non-hydrogen) atoms. The van der Waals surface area contributed by atoms with Gasteiger partial charge in [0.15, 0.2) is 0 Å². The van der Waals surface area contributed by atoms with Crippen molar-refractivity contribution in [1.29, 1.82) is 0 Å². The summed E-state index contributed by atoms with van der Waals surface area (Å²) in [5.41, 5.74) is -1.27. The van der Waals surface area contributed by atoms with Crippen LogP contribution in [-0.2, 0) is 6.18 Å². The second kappa shape index (κ2) is 5.88. The molecule has 0 atom stereocenters. The standard InChI is InChI=1S/C15H10ClF3O3/c1-22-13-5-3-8(7-12(13)16)10-6-9(14(20)21)2-4-11(10)15(17,18)19/h2-7H,1H3,(H,20,21). The second-order valence-corrected chi connectivity index (χ2v) is 4.82. The number of alkyl halides is 3. The SMILES string of the molecule is COc1ccc(-c2cc(C(=O)O)ccc2C(F)(F)F)cc1Cl. The Hall–Kier alpha value is -2.21. The van der Waals surface area contributed by atoms with Crippen LogP contribution in [0.3, 0.4) is 0 Å². The fourth-order valence-electron chi connectivity index (χ4n) is 2.00. The molecule has 0 spiro atoms. The van der Waals surface area contributed by atoms with E-state index in [2.05, 4.69) is 0 Å². The van der Waals surface area contributed by atoms with E-state index in [1.165, 1.54) is 25.3 Å². The van der Waals surface area contributed by atoms with Crippen LogP contribution in [0.2, 0.25) is 5.02 Å². The predicted octanol–water partition coefficient (Wildman–Crippen LogP) is 4.73. The number of halogens is 4. The number of carboxylic acid groups (broad SMARTS) is 1. The van der Waals surface area contributed by atoms with Crippen LogP contribution in [0.4, 0.5) is 13.2 Å². The highest BCUT2D eigenvalue weighted by atomic mass is 35.5. The van der Waals surface area contributed by atoms with E-state index >= 15 is 0 Å². The molecule has 0 radical (unpaired) electrons. The maximum Gasteiger partial charge on any atom is 0.417 e. The smallest absolute Gasteiger partial charge is 0.417 e. The van der Waals surface area contributed by atoms with Crippen molar-refractivity contribution in [2.24, 2.45) is 0 Å². The number of hydrogen-bond donors (Lipinski definition) is 1. The number of carbonyl (C=O) groups is 1. The lowest BCUT2D eigenvalue weighted by atomic mass is 9.96. The molecule has 0 unspecified atom stereocenters. The molecule has 0 saturated heterocycles. The van der Waals surface area contributed by atoms with Gasteiger partial charge in [-0.15, -0.1) is 0 Å². The van der Waals surface area contributed by atoms with Gasteiger partial charge in [-0.05, 0) is 41.5 Å². The minimum absolute atomic E-state index is 0.133. The molecule has 7 heteroatoms. The van der Waals surface area contributed by atoms with E-state index in [1.807, 2.05) is 0 Å². The number of ether oxygens (including phenoxy) is 1. The molecule has 0 heterocycles. The lowest BCUT2D eigenvalue weighted by molar-refractivity contribution is -0.137. The first-order valence-electron chi connectivity index (χ1n) is 6.02. The first-order valence-corrected chi connectivity index (χ1v) is 6.40. The second-order valence-electron chi connectivity index (χ2n) is 4.41. The van der Waals surface area contributed by atoms with Crippen molar-refractivity contribution < 1.29 is 27.8 Å². The Morgan fingerprint density at radius 1 is 1.18 bits per heavy atom. The first kappa shape index (κ1) is 16.2. The molecule has 0 amide bonds. The molecule has 2 rings (SSSR count). The Kier molecular flexibility index (Phi) is 4.32. The van der Waals surface area contributed by atoms with Gasteiger partial charge in [0.25, 0.3) is 0 Å². The number of rotatable bonds is 3. The van der Waals surface area contributed by atoms with E-state index in [0.29, 0.717) is 5.75 Å². The monoisotopic (exact) mass is 330 g/mol. The van der Waals surface area contributed by atoms with Gasteiger partial charge in [-0.2, -0.15) is 13.2 Å². The van der Waals surface area contributed by atoms with E-state index in [1.54, 1.807) is 0 Å². The van der Waals surface area contributed by atoms with Crippen molar-refractivity contribution >= 4 is 17.6 Å². The summed E-state index contributed by atoms with van der Waals surface area (Å²) in [7, 11) is 1.38. The molecule has 2 aromatic rings. The van der Waals surface area contributed by atoms with Crippen molar-refractivity contribution in [1.82, 2.24) is 0 Å². The van der Waals surface area contributed by atoms with Gasteiger partial charge in [0.05, 0.1) is 23.3 Å². The summed E-state index contributed by atoms with van der Waals surface area (Å²) in [4.78, 5) is 11.0. The van der Waals surface area contributed by atoms with Gasteiger partial charge in [0.2, 0.25) is 0 Å². The molecule has 0 fully saturated rings. The third kappa shape index (κ3) is 3.17. The molecule has 0 aromatic heterocycles. The molecule has 2 aromatic carbocycles. The molecule has 1 N–H and O–H groups in total. The zero-order valence-corrected chi connectivity index (χ0v) is 12.0. The molecule has 0 aliphatic heterocycles. The normalized spacial score (nSPS) is 11.3. The maximum absolute atomic E-state index is 13.1. The zero-order valence-electron chi connectivity index (χ0n) is 11.2. The largest absolute Gasteiger partial charge is 0.495 e. The fourth-order valence-corrected chi connectivity index (χ4v) is 2.25. The van der Waals surface area contributed by atoms with Gasteiger partial charge in [0, 0.05) is 0 Å². The molecule has 0 aliphatic carbocycles. The average Bonchev–Trinajstić information content (AvgIpc) is 2.45. The summed E-state index contributed by atoms with van der Waals surface area (Å²) >= 11 is 5.93. The van der Waals surface area contributed by atoms with Gasteiger partial charge in [0.1, 0.15) is 5.75 Å². The molecule has 0 saturated carbocycles. The number of benzene rings is 2. The van der Waals surface area contributed by atoms with Crippen LogP contribution in [0.15, 0.2) is 36.4 Å². The zero-order chi connectivity index (χ0) is 16.5. The van der Waals surface area contributed by atoms with E-state index in [-0.39, 0.29) is 21.7 Å². The van der Waals surface area contributed by atoms with Gasteiger partial charge in [-0.1, -0.05) is 17.7 Å². The highest BCUT2D eigenvalue weighted by Gasteiger charge is 2.34. The van der Waals surface area contributed by atoms with Gasteiger partial charge in [-0.25, -0.2) is 4.79 Å². The minimum atomic E-state index is -4.61. The molecule has 0 bridgehead atoms. The summed E-state index contributed by atoms with van der Waals surface area (Å²) in [6, 6.07) is 6.75. The fraction of sp³-hybridized carbons (Fsp3) is 0.133. The third-order valence-electron chi connectivity index (χ3n) is 3.03. The van der Waals surface area contributed by atoms with E-state index < -0.39 is 17.7 Å². The molecule has 116 valence electrons. The topological polar surface area (TPSA) is 46.5 Å². The van der Waals surface area contributed by atoms with E-state index in [0.717, 1.165) is 18.2 Å². The number of methoxy groups -OCH3 is 1. The van der Waals surface area contributed by atoms with Gasteiger partial charge >= 0.3 is 12.1 Å². The lowest BCUT2D eigenvalue weighted by Crippen LogP contribution is -2.09. The highest BCUT2D eigenvalue weighted by Crippen LogP contribution is 2.39. The van der Waals surface area contributed by atoms with Gasteiger partial charge < -0.3 is 9.84 Å². The van der Waals surface area contributed by atoms with Crippen molar-refractivity contribution in [3.63, 3.8) is 0 Å². The Morgan fingerprint density at radius 2 is 1.86 bits per heavy atom. The van der Waals surface area contributed by atoms with Crippen LogP contribution in [0, 0.1) is 0 Å². The van der Waals surface area contributed by atoms with Crippen molar-refractivity contribution in [2.75, 3.05) is 7.11 Å². The quantitative estimate of drug-likeness (QED) is 0.884. The van der Waals surface area contributed by atoms with Crippen LogP contribution in [0.5, 0.6) is 5.75 Å². The maximum atomic E-state index is 13.1. The van der Waals surface area contributed by atoms with Crippen molar-refractivity contribution in [3.05, 3.63) is 52.5 Å². The van der Waals surface area contributed by atoms with Crippen molar-refractivity contribution in [3.8, 4) is 16.9 Å². The van der Waals surface area contributed by atoms with Crippen LogP contribution >= 0.6 is 11.6 Å². The predicted molar refractivity (Wildman–Crippen MR) is 75.4 cm³/mol. The molecule has 3 nitrogen and oxygen atoms in total. The summed E-state index contributed by atoms with van der Waals surface area (Å²) in [5.74, 6) is -0.997. The Morgan fingerprint density at radius 3 is 2.36 bits per heavy atom. The first-order chi connectivity index (χ1) is 10.2. The summed E-state index contributed by atoms with van der Waals surface area (Å²) in [6.45, 7) is 0. The van der Waals surface area contributed by atoms with E-state index in [9.17, 15) is 18.0 Å².